The molecule has 1 aromatic rings. The fraction of sp³-hybridized carbons (Fsp3) is 0.588. The summed E-state index contributed by atoms with van der Waals surface area (Å²) in [5.41, 5.74) is 5.68. The largest absolute Gasteiger partial charge is 0.493 e. The van der Waals surface area contributed by atoms with Crippen LogP contribution in [0.15, 0.2) is 18.2 Å². The van der Waals surface area contributed by atoms with E-state index in [0.717, 1.165) is 19.3 Å². The summed E-state index contributed by atoms with van der Waals surface area (Å²) in [6, 6.07) is 4.70. The number of halogens is 3. The van der Waals surface area contributed by atoms with E-state index in [9.17, 15) is 13.6 Å². The first-order chi connectivity index (χ1) is 11.4. The van der Waals surface area contributed by atoms with Crippen LogP contribution in [0, 0.1) is 0 Å². The van der Waals surface area contributed by atoms with Gasteiger partial charge < -0.3 is 20.5 Å². The van der Waals surface area contributed by atoms with Gasteiger partial charge in [0.25, 0.3) is 0 Å². The average molecular weight is 379 g/mol. The van der Waals surface area contributed by atoms with E-state index in [1.807, 2.05) is 6.92 Å². The van der Waals surface area contributed by atoms with Gasteiger partial charge in [-0.2, -0.15) is 8.78 Å². The topological polar surface area (TPSA) is 73.6 Å². The standard InChI is InChI=1S/C17H24F2N2O3.ClH/c1-2-9-23-13-6-5-12(14(10-13)24-16(18)19)11-21-15(22)17(20)7-3-4-8-17;/h5-6,10,16H,2-4,7-9,11,20H2,1H3,(H,21,22);1H. The molecule has 0 bridgehead atoms. The Bertz CT molecular complexity index is 567. The fourth-order valence-corrected chi connectivity index (χ4v) is 2.78. The van der Waals surface area contributed by atoms with Gasteiger partial charge in [-0.05, 0) is 31.4 Å². The van der Waals surface area contributed by atoms with E-state index >= 15 is 0 Å². The highest BCUT2D eigenvalue weighted by molar-refractivity contribution is 5.86. The molecule has 0 aromatic heterocycles. The summed E-state index contributed by atoms with van der Waals surface area (Å²) in [5.74, 6) is 0.194. The molecule has 1 saturated carbocycles. The van der Waals surface area contributed by atoms with Crippen molar-refractivity contribution in [2.24, 2.45) is 5.73 Å². The number of carbonyl (C=O) groups is 1. The van der Waals surface area contributed by atoms with E-state index in [-0.39, 0.29) is 30.6 Å². The molecule has 2 rings (SSSR count). The normalized spacial score (nSPS) is 15.6. The zero-order valence-electron chi connectivity index (χ0n) is 14.2. The number of hydrogen-bond acceptors (Lipinski definition) is 4. The van der Waals surface area contributed by atoms with Crippen LogP contribution in [0.25, 0.3) is 0 Å². The summed E-state index contributed by atoms with van der Waals surface area (Å²) in [6.45, 7) is -0.434. The second-order valence-electron chi connectivity index (χ2n) is 6.04. The van der Waals surface area contributed by atoms with Crippen LogP contribution < -0.4 is 20.5 Å². The van der Waals surface area contributed by atoms with Crippen molar-refractivity contribution in [1.82, 2.24) is 5.32 Å². The van der Waals surface area contributed by atoms with Crippen LogP contribution in [0.4, 0.5) is 8.78 Å². The van der Waals surface area contributed by atoms with Crippen molar-refractivity contribution in [3.63, 3.8) is 0 Å². The Morgan fingerprint density at radius 3 is 2.64 bits per heavy atom. The number of rotatable bonds is 8. The maximum absolute atomic E-state index is 12.6. The summed E-state index contributed by atoms with van der Waals surface area (Å²) >= 11 is 0. The van der Waals surface area contributed by atoms with Gasteiger partial charge in [-0.3, -0.25) is 4.79 Å². The number of hydrogen-bond donors (Lipinski definition) is 2. The fourth-order valence-electron chi connectivity index (χ4n) is 2.78. The molecule has 5 nitrogen and oxygen atoms in total. The number of carbonyl (C=O) groups excluding carboxylic acids is 1. The first-order valence-electron chi connectivity index (χ1n) is 8.22. The number of alkyl halides is 2. The molecule has 8 heteroatoms. The highest BCUT2D eigenvalue weighted by Gasteiger charge is 2.36. The van der Waals surface area contributed by atoms with E-state index in [4.69, 9.17) is 10.5 Å². The van der Waals surface area contributed by atoms with Gasteiger partial charge >= 0.3 is 6.61 Å². The Balaban J connectivity index is 0.00000312. The Morgan fingerprint density at radius 1 is 1.36 bits per heavy atom. The molecule has 1 aromatic carbocycles. The van der Waals surface area contributed by atoms with Gasteiger partial charge in [0.2, 0.25) is 5.91 Å². The van der Waals surface area contributed by atoms with E-state index in [1.54, 1.807) is 12.1 Å². The van der Waals surface area contributed by atoms with Crippen LogP contribution in [0.3, 0.4) is 0 Å². The quantitative estimate of drug-likeness (QED) is 0.727. The monoisotopic (exact) mass is 378 g/mol. The summed E-state index contributed by atoms with van der Waals surface area (Å²) in [7, 11) is 0. The summed E-state index contributed by atoms with van der Waals surface area (Å²) in [6.07, 6.45) is 3.94. The molecule has 1 aliphatic rings. The van der Waals surface area contributed by atoms with Crippen molar-refractivity contribution in [3.8, 4) is 11.5 Å². The van der Waals surface area contributed by atoms with Gasteiger partial charge in [0.05, 0.1) is 12.1 Å². The van der Waals surface area contributed by atoms with Crippen LogP contribution in [0.1, 0.15) is 44.6 Å². The van der Waals surface area contributed by atoms with Gasteiger partial charge in [-0.15, -0.1) is 12.4 Å². The van der Waals surface area contributed by atoms with Crippen LogP contribution >= 0.6 is 12.4 Å². The first kappa shape index (κ1) is 21.4. The number of benzene rings is 1. The molecule has 142 valence electrons. The molecule has 3 N–H and O–H groups in total. The second kappa shape index (κ2) is 9.77. The third kappa shape index (κ3) is 6.01. The number of ether oxygens (including phenoxy) is 2. The molecule has 0 aliphatic heterocycles. The Morgan fingerprint density at radius 2 is 2.04 bits per heavy atom. The highest BCUT2D eigenvalue weighted by atomic mass is 35.5. The SMILES string of the molecule is CCCOc1ccc(CNC(=O)C2(N)CCCC2)c(OC(F)F)c1.Cl. The van der Waals surface area contributed by atoms with E-state index in [1.165, 1.54) is 6.07 Å². The molecule has 0 atom stereocenters. The lowest BCUT2D eigenvalue weighted by atomic mass is 9.98. The molecule has 0 unspecified atom stereocenters. The minimum Gasteiger partial charge on any atom is -0.493 e. The maximum atomic E-state index is 12.6. The zero-order valence-corrected chi connectivity index (χ0v) is 15.0. The minimum atomic E-state index is -2.95. The third-order valence-corrected chi connectivity index (χ3v) is 4.11. The van der Waals surface area contributed by atoms with E-state index in [0.29, 0.717) is 30.8 Å². The molecule has 0 spiro atoms. The van der Waals surface area contributed by atoms with Crippen LogP contribution in [-0.4, -0.2) is 24.7 Å². The lowest BCUT2D eigenvalue weighted by molar-refractivity contribution is -0.126. The molecule has 0 heterocycles. The lowest BCUT2D eigenvalue weighted by Gasteiger charge is -2.22. The summed E-state index contributed by atoms with van der Waals surface area (Å²) in [5, 5.41) is 2.73. The summed E-state index contributed by atoms with van der Waals surface area (Å²) in [4.78, 5) is 12.2. The maximum Gasteiger partial charge on any atom is 0.387 e. The van der Waals surface area contributed by atoms with Crippen molar-refractivity contribution in [1.29, 1.82) is 0 Å². The second-order valence-corrected chi connectivity index (χ2v) is 6.04. The molecular weight excluding hydrogens is 354 g/mol. The van der Waals surface area contributed by atoms with Gasteiger partial charge in [0.15, 0.2) is 0 Å². The molecule has 0 saturated heterocycles. The van der Waals surface area contributed by atoms with Gasteiger partial charge in [0.1, 0.15) is 11.5 Å². The molecular formula is C17H25ClF2N2O3. The minimum absolute atomic E-state index is 0. The number of nitrogens with one attached hydrogen (secondary N) is 1. The van der Waals surface area contributed by atoms with Crippen LogP contribution in [0.5, 0.6) is 11.5 Å². The van der Waals surface area contributed by atoms with E-state index < -0.39 is 12.2 Å². The number of nitrogens with two attached hydrogens (primary N) is 1. The molecule has 1 amide bonds. The molecule has 0 radical (unpaired) electrons. The van der Waals surface area contributed by atoms with Crippen molar-refractivity contribution >= 4 is 18.3 Å². The van der Waals surface area contributed by atoms with Gasteiger partial charge in [-0.25, -0.2) is 0 Å². The smallest absolute Gasteiger partial charge is 0.387 e. The first-order valence-corrected chi connectivity index (χ1v) is 8.22. The van der Waals surface area contributed by atoms with Gasteiger partial charge in [-0.1, -0.05) is 19.8 Å². The van der Waals surface area contributed by atoms with E-state index in [2.05, 4.69) is 10.1 Å². The van der Waals surface area contributed by atoms with Crippen LogP contribution in [0.2, 0.25) is 0 Å². The third-order valence-electron chi connectivity index (χ3n) is 4.11. The predicted octanol–water partition coefficient (Wildman–Crippen LogP) is 3.39. The number of amides is 1. The summed E-state index contributed by atoms with van der Waals surface area (Å²) < 4.78 is 35.2. The van der Waals surface area contributed by atoms with Gasteiger partial charge in [0, 0.05) is 18.2 Å². The zero-order chi connectivity index (χ0) is 17.6. The Labute approximate surface area is 152 Å². The Hall–Kier alpha value is -1.60. The van der Waals surface area contributed by atoms with Crippen molar-refractivity contribution in [2.45, 2.75) is 57.7 Å². The highest BCUT2D eigenvalue weighted by Crippen LogP contribution is 2.29. The lowest BCUT2D eigenvalue weighted by Crippen LogP contribution is -2.51. The van der Waals surface area contributed by atoms with Crippen molar-refractivity contribution < 1.29 is 23.0 Å². The molecule has 1 aliphatic carbocycles. The Kier molecular flexibility index (Phi) is 8.38. The molecule has 25 heavy (non-hydrogen) atoms. The molecule has 1 fully saturated rings. The van der Waals surface area contributed by atoms with Crippen LogP contribution in [-0.2, 0) is 11.3 Å². The average Bonchev–Trinajstić information content (AvgIpc) is 2.99. The predicted molar refractivity (Wildman–Crippen MR) is 93.3 cm³/mol. The van der Waals surface area contributed by atoms with Crippen molar-refractivity contribution in [2.75, 3.05) is 6.61 Å². The van der Waals surface area contributed by atoms with Crippen molar-refractivity contribution in [3.05, 3.63) is 23.8 Å².